The zero-order valence-electron chi connectivity index (χ0n) is 12.7. The second-order valence-corrected chi connectivity index (χ2v) is 20.7. The van der Waals surface area contributed by atoms with Gasteiger partial charge in [0.15, 0.2) is 0 Å². The summed E-state index contributed by atoms with van der Waals surface area (Å²) in [6, 6.07) is 0. The van der Waals surface area contributed by atoms with Gasteiger partial charge in [0.2, 0.25) is 0 Å². The summed E-state index contributed by atoms with van der Waals surface area (Å²) in [5.41, 5.74) is 0. The quantitative estimate of drug-likeness (QED) is 0.411. The molecule has 1 fully saturated rings. The van der Waals surface area contributed by atoms with Gasteiger partial charge in [0.1, 0.15) is 0 Å². The van der Waals surface area contributed by atoms with E-state index in [0.717, 1.165) is 5.92 Å². The zero-order valence-corrected chi connectivity index (χ0v) is 15.6. The van der Waals surface area contributed by atoms with Gasteiger partial charge in [-0.1, -0.05) is 0 Å². The number of unbranched alkanes of at least 4 members (excludes halogenated alkanes) is 3. The molecule has 0 bridgehead atoms. The fourth-order valence-corrected chi connectivity index (χ4v) is 24.0. The van der Waals surface area contributed by atoms with Crippen molar-refractivity contribution in [3.05, 3.63) is 0 Å². The Morgan fingerprint density at radius 1 is 0.824 bits per heavy atom. The van der Waals surface area contributed by atoms with E-state index in [9.17, 15) is 0 Å². The van der Waals surface area contributed by atoms with E-state index in [0.29, 0.717) is 0 Å². The molecule has 0 saturated heterocycles. The molecule has 0 aromatic heterocycles. The summed E-state index contributed by atoms with van der Waals surface area (Å²) in [5, 5.41) is 0. The van der Waals surface area contributed by atoms with E-state index in [-0.39, 0.29) is 0 Å². The molecule has 2 atom stereocenters. The van der Waals surface area contributed by atoms with Crippen LogP contribution in [-0.2, 0) is 0 Å². The van der Waals surface area contributed by atoms with Crippen LogP contribution in [0.1, 0.15) is 72.6 Å². The van der Waals surface area contributed by atoms with Gasteiger partial charge >= 0.3 is 114 Å². The van der Waals surface area contributed by atoms with E-state index < -0.39 is 18.4 Å². The summed E-state index contributed by atoms with van der Waals surface area (Å²) in [7, 11) is 0. The average Bonchev–Trinajstić information content (AvgIpc) is 3.07. The molecular weight excluding hydrogens is 311 g/mol. The van der Waals surface area contributed by atoms with Crippen LogP contribution < -0.4 is 0 Å². The van der Waals surface area contributed by atoms with Crippen LogP contribution in [-0.4, -0.2) is 18.4 Å². The van der Waals surface area contributed by atoms with E-state index in [1.807, 2.05) is 0 Å². The molecule has 0 N–H and O–H groups in total. The molecule has 0 aromatic carbocycles. The monoisotopic (exact) mass is 346 g/mol. The van der Waals surface area contributed by atoms with Crippen molar-refractivity contribution in [1.82, 2.24) is 0 Å². The van der Waals surface area contributed by atoms with Gasteiger partial charge in [0.05, 0.1) is 0 Å². The molecule has 1 aliphatic carbocycles. The Balaban J connectivity index is 2.61. The first-order valence-electron chi connectivity index (χ1n) is 8.20. The van der Waals surface area contributed by atoms with Crippen LogP contribution in [0.25, 0.3) is 0 Å². The normalized spacial score (nSPS) is 24.0. The molecular formula is C16H34Sn. The van der Waals surface area contributed by atoms with Crippen LogP contribution in [0.5, 0.6) is 0 Å². The third-order valence-corrected chi connectivity index (χ3v) is 23.3. The molecule has 1 saturated carbocycles. The van der Waals surface area contributed by atoms with E-state index in [2.05, 4.69) is 27.7 Å². The molecule has 1 heteroatoms. The van der Waals surface area contributed by atoms with Crippen molar-refractivity contribution < 1.29 is 0 Å². The number of hydrogen-bond acceptors (Lipinski definition) is 0. The van der Waals surface area contributed by atoms with E-state index in [1.54, 1.807) is 39.0 Å². The molecule has 0 aliphatic heterocycles. The fraction of sp³-hybridized carbons (Fsp3) is 1.00. The summed E-state index contributed by atoms with van der Waals surface area (Å²) in [5.74, 6) is 1.12. The molecule has 0 aromatic rings. The van der Waals surface area contributed by atoms with Gasteiger partial charge in [-0.2, -0.15) is 0 Å². The van der Waals surface area contributed by atoms with Crippen molar-refractivity contribution in [2.45, 2.75) is 89.9 Å². The van der Waals surface area contributed by atoms with Crippen molar-refractivity contribution in [2.24, 2.45) is 5.92 Å². The molecule has 0 nitrogen and oxygen atoms in total. The Morgan fingerprint density at radius 2 is 1.18 bits per heavy atom. The van der Waals surface area contributed by atoms with Crippen molar-refractivity contribution in [1.29, 1.82) is 0 Å². The van der Waals surface area contributed by atoms with E-state index in [1.165, 1.54) is 23.2 Å². The van der Waals surface area contributed by atoms with Gasteiger partial charge in [-0.25, -0.2) is 0 Å². The molecule has 0 radical (unpaired) electrons. The summed E-state index contributed by atoms with van der Waals surface area (Å²) >= 11 is -1.72. The Morgan fingerprint density at radius 3 is 1.41 bits per heavy atom. The number of hydrogen-bond donors (Lipinski definition) is 0. The molecule has 1 rings (SSSR count). The van der Waals surface area contributed by atoms with Crippen LogP contribution in [0.15, 0.2) is 0 Å². The molecule has 17 heavy (non-hydrogen) atoms. The first-order valence-corrected chi connectivity index (χ1v) is 15.9. The van der Waals surface area contributed by atoms with Gasteiger partial charge in [0, 0.05) is 0 Å². The van der Waals surface area contributed by atoms with Gasteiger partial charge in [-0.3, -0.25) is 0 Å². The molecule has 1 aliphatic rings. The van der Waals surface area contributed by atoms with Crippen molar-refractivity contribution in [3.8, 4) is 0 Å². The summed E-state index contributed by atoms with van der Waals surface area (Å²) in [6.45, 7) is 9.67. The molecule has 0 unspecified atom stereocenters. The molecule has 0 spiro atoms. The maximum absolute atomic E-state index is 2.53. The van der Waals surface area contributed by atoms with Crippen molar-refractivity contribution in [3.63, 3.8) is 0 Å². The molecule has 0 amide bonds. The first-order chi connectivity index (χ1) is 8.20. The third kappa shape index (κ3) is 4.76. The summed E-state index contributed by atoms with van der Waals surface area (Å²) in [6.07, 6.45) is 10.5. The Bertz CT molecular complexity index is 178. The zero-order chi connectivity index (χ0) is 12.7. The number of rotatable bonds is 10. The van der Waals surface area contributed by atoms with E-state index >= 15 is 0 Å². The first kappa shape index (κ1) is 15.9. The maximum atomic E-state index is 2.53. The summed E-state index contributed by atoms with van der Waals surface area (Å²) < 4.78 is 6.45. The van der Waals surface area contributed by atoms with Gasteiger partial charge in [-0.05, 0) is 0 Å². The Labute approximate surface area is 114 Å². The van der Waals surface area contributed by atoms with Crippen LogP contribution in [0.2, 0.25) is 17.2 Å². The third-order valence-electron chi connectivity index (χ3n) is 4.98. The fourth-order valence-electron chi connectivity index (χ4n) is 3.69. The minimum atomic E-state index is -1.72. The Kier molecular flexibility index (Phi) is 7.52. The van der Waals surface area contributed by atoms with E-state index in [4.69, 9.17) is 0 Å². The SMILES string of the molecule is CCC[CH2][Sn]([CH2]CCC)([CH2]CCC)[C@@H]1C[C@H]1C. The predicted octanol–water partition coefficient (Wildman–Crippen LogP) is 6.25. The standard InChI is InChI=1S/C4H7.3C4H9.Sn/c1-4-2-3-4;3*1-3-4-2;/h2,4H,3H2,1H3;3*1,3-4H2,2H3;/t4-;;;;/m0..../s1. The van der Waals surface area contributed by atoms with Crippen LogP contribution in [0.4, 0.5) is 0 Å². The van der Waals surface area contributed by atoms with Gasteiger partial charge in [-0.15, -0.1) is 0 Å². The van der Waals surface area contributed by atoms with Crippen LogP contribution >= 0.6 is 0 Å². The van der Waals surface area contributed by atoms with Gasteiger partial charge in [0.25, 0.3) is 0 Å². The van der Waals surface area contributed by atoms with Crippen molar-refractivity contribution in [2.75, 3.05) is 0 Å². The van der Waals surface area contributed by atoms with Crippen LogP contribution in [0.3, 0.4) is 0 Å². The summed E-state index contributed by atoms with van der Waals surface area (Å²) in [4.78, 5) is 0. The molecule has 102 valence electrons. The second kappa shape index (κ2) is 8.07. The average molecular weight is 345 g/mol. The predicted molar refractivity (Wildman–Crippen MR) is 82.4 cm³/mol. The second-order valence-electron chi connectivity index (χ2n) is 6.49. The van der Waals surface area contributed by atoms with Gasteiger partial charge < -0.3 is 0 Å². The minimum absolute atomic E-state index is 1.12. The molecule has 0 heterocycles. The van der Waals surface area contributed by atoms with Crippen molar-refractivity contribution >= 4 is 18.4 Å². The Hall–Kier alpha value is 0.799. The van der Waals surface area contributed by atoms with Crippen LogP contribution in [0, 0.1) is 5.92 Å². The topological polar surface area (TPSA) is 0 Å².